The van der Waals surface area contributed by atoms with Crippen LogP contribution in [-0.4, -0.2) is 12.6 Å². The van der Waals surface area contributed by atoms with E-state index in [2.05, 4.69) is 41.7 Å². The van der Waals surface area contributed by atoms with Crippen LogP contribution in [0.5, 0.6) is 5.75 Å². The molecular formula is C19H21NO. The molecule has 0 spiro atoms. The topological polar surface area (TPSA) is 21.3 Å². The number of hydrogen-bond acceptors (Lipinski definition) is 2. The summed E-state index contributed by atoms with van der Waals surface area (Å²) in [6.07, 6.45) is 6.77. The molecule has 1 aliphatic carbocycles. The van der Waals surface area contributed by atoms with E-state index in [4.69, 9.17) is 4.74 Å². The summed E-state index contributed by atoms with van der Waals surface area (Å²) in [5.74, 6) is 0.933. The molecule has 2 heteroatoms. The minimum Gasteiger partial charge on any atom is -0.490 e. The first-order chi connectivity index (χ1) is 10.4. The first kappa shape index (κ1) is 13.9. The quantitative estimate of drug-likeness (QED) is 0.826. The van der Waals surface area contributed by atoms with Crippen LogP contribution in [0.1, 0.15) is 24.0 Å². The van der Waals surface area contributed by atoms with Gasteiger partial charge in [-0.25, -0.2) is 0 Å². The van der Waals surface area contributed by atoms with E-state index in [0.29, 0.717) is 6.61 Å². The van der Waals surface area contributed by atoms with Crippen molar-refractivity contribution >= 4 is 6.08 Å². The average molecular weight is 279 g/mol. The maximum atomic E-state index is 5.78. The molecule has 0 saturated heterocycles. The van der Waals surface area contributed by atoms with Gasteiger partial charge in [-0.2, -0.15) is 0 Å². The van der Waals surface area contributed by atoms with Crippen LogP contribution >= 0.6 is 0 Å². The van der Waals surface area contributed by atoms with Gasteiger partial charge in [0.05, 0.1) is 0 Å². The molecule has 0 atom stereocenters. The van der Waals surface area contributed by atoms with E-state index >= 15 is 0 Å². The molecule has 0 aromatic heterocycles. The van der Waals surface area contributed by atoms with Crippen LogP contribution < -0.4 is 10.1 Å². The van der Waals surface area contributed by atoms with Crippen molar-refractivity contribution in [1.29, 1.82) is 0 Å². The molecule has 3 rings (SSSR count). The molecule has 1 aliphatic rings. The van der Waals surface area contributed by atoms with Crippen LogP contribution in [0, 0.1) is 0 Å². The van der Waals surface area contributed by atoms with Crippen LogP contribution in [-0.2, 0) is 6.54 Å². The van der Waals surface area contributed by atoms with Gasteiger partial charge in [-0.1, -0.05) is 48.5 Å². The Morgan fingerprint density at radius 3 is 2.71 bits per heavy atom. The molecule has 0 radical (unpaired) electrons. The standard InChI is InChI=1S/C19H21NO/c1-2-6-16(7-3-1)9-5-13-21-19-10-4-8-17(14-19)15-20-18-11-12-18/h1-10,14,18,20H,11-13,15H2/b9-5+. The normalized spacial score (nSPS) is 14.5. The van der Waals surface area contributed by atoms with Crippen molar-refractivity contribution in [3.63, 3.8) is 0 Å². The Bertz CT molecular complexity index is 588. The third-order valence-corrected chi connectivity index (χ3v) is 3.53. The number of ether oxygens (including phenoxy) is 1. The Hall–Kier alpha value is -2.06. The fourth-order valence-electron chi connectivity index (χ4n) is 2.19. The van der Waals surface area contributed by atoms with E-state index in [0.717, 1.165) is 18.3 Å². The van der Waals surface area contributed by atoms with Gasteiger partial charge in [0.2, 0.25) is 0 Å². The van der Waals surface area contributed by atoms with Gasteiger partial charge in [0, 0.05) is 12.6 Å². The Labute approximate surface area is 126 Å². The van der Waals surface area contributed by atoms with Crippen molar-refractivity contribution in [2.75, 3.05) is 6.61 Å². The lowest BCUT2D eigenvalue weighted by Gasteiger charge is -2.07. The van der Waals surface area contributed by atoms with E-state index < -0.39 is 0 Å². The SMILES string of the molecule is C(=C\c1ccccc1)/COc1cccc(CNC2CC2)c1. The fourth-order valence-corrected chi connectivity index (χ4v) is 2.19. The van der Waals surface area contributed by atoms with Crippen molar-refractivity contribution in [1.82, 2.24) is 5.32 Å². The van der Waals surface area contributed by atoms with Crippen LogP contribution in [0.4, 0.5) is 0 Å². The van der Waals surface area contributed by atoms with Crippen molar-refractivity contribution in [2.24, 2.45) is 0 Å². The van der Waals surface area contributed by atoms with E-state index in [1.807, 2.05) is 30.3 Å². The Kier molecular flexibility index (Phi) is 4.70. The minimum atomic E-state index is 0.592. The predicted octanol–water partition coefficient (Wildman–Crippen LogP) is 4.03. The molecule has 0 amide bonds. The third kappa shape index (κ3) is 4.76. The first-order valence-electron chi connectivity index (χ1n) is 7.57. The number of nitrogens with one attached hydrogen (secondary N) is 1. The predicted molar refractivity (Wildman–Crippen MR) is 87.3 cm³/mol. The molecule has 0 aliphatic heterocycles. The lowest BCUT2D eigenvalue weighted by molar-refractivity contribution is 0.363. The van der Waals surface area contributed by atoms with Crippen LogP contribution in [0.2, 0.25) is 0 Å². The highest BCUT2D eigenvalue weighted by Gasteiger charge is 2.19. The molecule has 1 fully saturated rings. The molecule has 108 valence electrons. The van der Waals surface area contributed by atoms with Gasteiger partial charge in [-0.05, 0) is 42.2 Å². The zero-order valence-corrected chi connectivity index (χ0v) is 12.2. The zero-order valence-electron chi connectivity index (χ0n) is 12.2. The molecular weight excluding hydrogens is 258 g/mol. The monoisotopic (exact) mass is 279 g/mol. The highest BCUT2D eigenvalue weighted by molar-refractivity contribution is 5.48. The minimum absolute atomic E-state index is 0.592. The number of rotatable bonds is 7. The molecule has 2 nitrogen and oxygen atoms in total. The van der Waals surface area contributed by atoms with Gasteiger partial charge in [0.15, 0.2) is 0 Å². The summed E-state index contributed by atoms with van der Waals surface area (Å²) in [5, 5.41) is 3.52. The number of hydrogen-bond donors (Lipinski definition) is 1. The molecule has 0 unspecified atom stereocenters. The summed E-state index contributed by atoms with van der Waals surface area (Å²) in [6.45, 7) is 1.52. The van der Waals surface area contributed by atoms with E-state index in [1.165, 1.54) is 24.0 Å². The highest BCUT2D eigenvalue weighted by atomic mass is 16.5. The summed E-state index contributed by atoms with van der Waals surface area (Å²) >= 11 is 0. The molecule has 0 bridgehead atoms. The maximum absolute atomic E-state index is 5.78. The van der Waals surface area contributed by atoms with Gasteiger partial charge >= 0.3 is 0 Å². The summed E-state index contributed by atoms with van der Waals surface area (Å²) in [5.41, 5.74) is 2.48. The van der Waals surface area contributed by atoms with E-state index in [-0.39, 0.29) is 0 Å². The van der Waals surface area contributed by atoms with Gasteiger partial charge in [-0.15, -0.1) is 0 Å². The Balaban J connectivity index is 1.48. The van der Waals surface area contributed by atoms with E-state index in [1.54, 1.807) is 0 Å². The first-order valence-corrected chi connectivity index (χ1v) is 7.57. The second-order valence-electron chi connectivity index (χ2n) is 5.43. The van der Waals surface area contributed by atoms with Crippen molar-refractivity contribution in [2.45, 2.75) is 25.4 Å². The molecule has 0 heterocycles. The van der Waals surface area contributed by atoms with Crippen LogP contribution in [0.25, 0.3) is 6.08 Å². The molecule has 1 N–H and O–H groups in total. The maximum Gasteiger partial charge on any atom is 0.120 e. The van der Waals surface area contributed by atoms with Crippen molar-refractivity contribution in [3.05, 3.63) is 71.8 Å². The van der Waals surface area contributed by atoms with Gasteiger partial charge in [-0.3, -0.25) is 0 Å². The Morgan fingerprint density at radius 1 is 1.05 bits per heavy atom. The summed E-state index contributed by atoms with van der Waals surface area (Å²) in [7, 11) is 0. The third-order valence-electron chi connectivity index (χ3n) is 3.53. The summed E-state index contributed by atoms with van der Waals surface area (Å²) in [6, 6.07) is 19.3. The number of benzene rings is 2. The summed E-state index contributed by atoms with van der Waals surface area (Å²) < 4.78 is 5.78. The molecule has 21 heavy (non-hydrogen) atoms. The lowest BCUT2D eigenvalue weighted by atomic mass is 10.2. The Morgan fingerprint density at radius 2 is 1.90 bits per heavy atom. The van der Waals surface area contributed by atoms with Gasteiger partial charge < -0.3 is 10.1 Å². The van der Waals surface area contributed by atoms with Crippen LogP contribution in [0.15, 0.2) is 60.7 Å². The second-order valence-corrected chi connectivity index (χ2v) is 5.43. The van der Waals surface area contributed by atoms with Crippen LogP contribution in [0.3, 0.4) is 0 Å². The second kappa shape index (κ2) is 7.09. The van der Waals surface area contributed by atoms with Gasteiger partial charge in [0.25, 0.3) is 0 Å². The molecule has 1 saturated carbocycles. The van der Waals surface area contributed by atoms with E-state index in [9.17, 15) is 0 Å². The average Bonchev–Trinajstić information content (AvgIpc) is 3.35. The summed E-state index contributed by atoms with van der Waals surface area (Å²) in [4.78, 5) is 0. The van der Waals surface area contributed by atoms with Crippen molar-refractivity contribution < 1.29 is 4.74 Å². The smallest absolute Gasteiger partial charge is 0.120 e. The lowest BCUT2D eigenvalue weighted by Crippen LogP contribution is -2.15. The molecule has 2 aromatic rings. The largest absolute Gasteiger partial charge is 0.490 e. The highest BCUT2D eigenvalue weighted by Crippen LogP contribution is 2.20. The van der Waals surface area contributed by atoms with Gasteiger partial charge in [0.1, 0.15) is 12.4 Å². The molecule has 2 aromatic carbocycles. The van der Waals surface area contributed by atoms with Crippen molar-refractivity contribution in [3.8, 4) is 5.75 Å². The fraction of sp³-hybridized carbons (Fsp3) is 0.263. The zero-order chi connectivity index (χ0) is 14.3.